The van der Waals surface area contributed by atoms with E-state index in [4.69, 9.17) is 0 Å². The average Bonchev–Trinajstić information content (AvgIpc) is 2.69. The van der Waals surface area contributed by atoms with Gasteiger partial charge in [-0.2, -0.15) is 0 Å². The molecule has 14 heavy (non-hydrogen) atoms. The molecule has 2 unspecified atom stereocenters. The maximum atomic E-state index is 3.55. The second-order valence-corrected chi connectivity index (χ2v) is 5.38. The first-order valence-corrected chi connectivity index (χ1v) is 7.06. The second kappa shape index (κ2) is 6.59. The van der Waals surface area contributed by atoms with Crippen molar-refractivity contribution in [2.24, 2.45) is 5.92 Å². The highest BCUT2D eigenvalue weighted by atomic mass is 79.9. The van der Waals surface area contributed by atoms with Gasteiger partial charge >= 0.3 is 0 Å². The van der Waals surface area contributed by atoms with Crippen molar-refractivity contribution < 1.29 is 0 Å². The normalized spacial score (nSPS) is 15.4. The lowest BCUT2D eigenvalue weighted by atomic mass is 10.1. The Balaban J connectivity index is 2.15. The summed E-state index contributed by atoms with van der Waals surface area (Å²) in [5.41, 5.74) is 0. The average molecular weight is 276 g/mol. The SMILES string of the molecule is CC(CBr)C(C)NCCc1cccs1. The van der Waals surface area contributed by atoms with E-state index in [1.807, 2.05) is 11.3 Å². The molecule has 1 nitrogen and oxygen atoms in total. The van der Waals surface area contributed by atoms with Crippen molar-refractivity contribution in [2.75, 3.05) is 11.9 Å². The molecule has 2 atom stereocenters. The van der Waals surface area contributed by atoms with E-state index in [0.29, 0.717) is 12.0 Å². The van der Waals surface area contributed by atoms with Crippen molar-refractivity contribution in [3.05, 3.63) is 22.4 Å². The molecule has 0 radical (unpaired) electrons. The second-order valence-electron chi connectivity index (χ2n) is 3.70. The van der Waals surface area contributed by atoms with Gasteiger partial charge in [-0.25, -0.2) is 0 Å². The van der Waals surface area contributed by atoms with Crippen LogP contribution in [0.3, 0.4) is 0 Å². The van der Waals surface area contributed by atoms with E-state index >= 15 is 0 Å². The summed E-state index contributed by atoms with van der Waals surface area (Å²) in [5.74, 6) is 0.693. The minimum atomic E-state index is 0.592. The van der Waals surface area contributed by atoms with Crippen LogP contribution in [0.2, 0.25) is 0 Å². The van der Waals surface area contributed by atoms with Gasteiger partial charge in [0.15, 0.2) is 0 Å². The summed E-state index contributed by atoms with van der Waals surface area (Å²) in [6.45, 7) is 5.59. The molecule has 0 aliphatic heterocycles. The summed E-state index contributed by atoms with van der Waals surface area (Å²) in [7, 11) is 0. The van der Waals surface area contributed by atoms with Crippen LogP contribution < -0.4 is 5.32 Å². The Hall–Kier alpha value is 0.140. The fraction of sp³-hybridized carbons (Fsp3) is 0.636. The van der Waals surface area contributed by atoms with Crippen LogP contribution >= 0.6 is 27.3 Å². The van der Waals surface area contributed by atoms with Crippen molar-refractivity contribution in [1.29, 1.82) is 0 Å². The third-order valence-electron chi connectivity index (χ3n) is 2.51. The zero-order valence-electron chi connectivity index (χ0n) is 8.79. The lowest BCUT2D eigenvalue weighted by Gasteiger charge is -2.18. The first-order valence-electron chi connectivity index (χ1n) is 5.05. The molecule has 1 aromatic rings. The van der Waals surface area contributed by atoms with Gasteiger partial charge in [0, 0.05) is 22.8 Å². The van der Waals surface area contributed by atoms with Crippen molar-refractivity contribution in [1.82, 2.24) is 5.32 Å². The third-order valence-corrected chi connectivity index (χ3v) is 4.47. The number of rotatable bonds is 6. The predicted octanol–water partition coefficient (Wildman–Crippen LogP) is 3.30. The summed E-state index contributed by atoms with van der Waals surface area (Å²) in [4.78, 5) is 1.47. The molecule has 80 valence electrons. The van der Waals surface area contributed by atoms with E-state index in [-0.39, 0.29) is 0 Å². The molecule has 0 spiro atoms. The van der Waals surface area contributed by atoms with Gasteiger partial charge in [-0.1, -0.05) is 28.9 Å². The molecule has 0 saturated heterocycles. The Bertz CT molecular complexity index is 235. The molecule has 1 N–H and O–H groups in total. The number of halogens is 1. The molecular formula is C11H18BrNS. The molecule has 1 aromatic heterocycles. The minimum Gasteiger partial charge on any atom is -0.314 e. The van der Waals surface area contributed by atoms with Crippen molar-refractivity contribution in [3.63, 3.8) is 0 Å². The monoisotopic (exact) mass is 275 g/mol. The van der Waals surface area contributed by atoms with E-state index in [9.17, 15) is 0 Å². The molecule has 0 fully saturated rings. The molecule has 0 aliphatic rings. The molecule has 0 bridgehead atoms. The van der Waals surface area contributed by atoms with Gasteiger partial charge in [0.25, 0.3) is 0 Å². The largest absolute Gasteiger partial charge is 0.314 e. The quantitative estimate of drug-likeness (QED) is 0.786. The highest BCUT2D eigenvalue weighted by Gasteiger charge is 2.09. The van der Waals surface area contributed by atoms with Gasteiger partial charge in [0.2, 0.25) is 0 Å². The van der Waals surface area contributed by atoms with Crippen LogP contribution in [0.4, 0.5) is 0 Å². The van der Waals surface area contributed by atoms with Gasteiger partial charge in [0.1, 0.15) is 0 Å². The van der Waals surface area contributed by atoms with E-state index in [0.717, 1.165) is 18.3 Å². The Morgan fingerprint density at radius 2 is 2.29 bits per heavy atom. The van der Waals surface area contributed by atoms with E-state index < -0.39 is 0 Å². The van der Waals surface area contributed by atoms with Crippen LogP contribution in [0.25, 0.3) is 0 Å². The Morgan fingerprint density at radius 1 is 1.50 bits per heavy atom. The topological polar surface area (TPSA) is 12.0 Å². The number of nitrogens with one attached hydrogen (secondary N) is 1. The van der Waals surface area contributed by atoms with Crippen LogP contribution in [0.5, 0.6) is 0 Å². The summed E-state index contributed by atoms with van der Waals surface area (Å²) in [6.07, 6.45) is 1.15. The van der Waals surface area contributed by atoms with Crippen LogP contribution in [-0.4, -0.2) is 17.9 Å². The predicted molar refractivity (Wildman–Crippen MR) is 68.4 cm³/mol. The highest BCUT2D eigenvalue weighted by Crippen LogP contribution is 2.09. The van der Waals surface area contributed by atoms with Crippen LogP contribution in [-0.2, 0) is 6.42 Å². The molecule has 0 aliphatic carbocycles. The van der Waals surface area contributed by atoms with E-state index in [1.165, 1.54) is 4.88 Å². The summed E-state index contributed by atoms with van der Waals surface area (Å²) >= 11 is 5.35. The summed E-state index contributed by atoms with van der Waals surface area (Å²) < 4.78 is 0. The van der Waals surface area contributed by atoms with Crippen LogP contribution in [0.1, 0.15) is 18.7 Å². The first-order chi connectivity index (χ1) is 6.74. The van der Waals surface area contributed by atoms with Crippen LogP contribution in [0, 0.1) is 5.92 Å². The Morgan fingerprint density at radius 3 is 2.86 bits per heavy atom. The molecule has 0 amide bonds. The third kappa shape index (κ3) is 4.11. The highest BCUT2D eigenvalue weighted by molar-refractivity contribution is 9.09. The Kier molecular flexibility index (Phi) is 5.75. The minimum absolute atomic E-state index is 0.592. The number of thiophene rings is 1. The summed E-state index contributed by atoms with van der Waals surface area (Å²) in [5, 5.41) is 6.76. The summed E-state index contributed by atoms with van der Waals surface area (Å²) in [6, 6.07) is 4.91. The number of alkyl halides is 1. The number of hydrogen-bond acceptors (Lipinski definition) is 2. The lowest BCUT2D eigenvalue weighted by molar-refractivity contribution is 0.438. The zero-order valence-corrected chi connectivity index (χ0v) is 11.2. The molecule has 1 rings (SSSR count). The molecule has 0 aromatic carbocycles. The first kappa shape index (κ1) is 12.2. The Labute approximate surface area is 99.0 Å². The van der Waals surface area contributed by atoms with E-state index in [1.54, 1.807) is 0 Å². The van der Waals surface area contributed by atoms with Gasteiger partial charge in [-0.15, -0.1) is 11.3 Å². The lowest BCUT2D eigenvalue weighted by Crippen LogP contribution is -2.34. The van der Waals surface area contributed by atoms with Crippen molar-refractivity contribution in [2.45, 2.75) is 26.3 Å². The fourth-order valence-corrected chi connectivity index (χ4v) is 2.48. The maximum absolute atomic E-state index is 3.55. The molecule has 1 heterocycles. The van der Waals surface area contributed by atoms with Gasteiger partial charge in [0.05, 0.1) is 0 Å². The van der Waals surface area contributed by atoms with Gasteiger partial charge < -0.3 is 5.32 Å². The van der Waals surface area contributed by atoms with Gasteiger partial charge in [-0.3, -0.25) is 0 Å². The van der Waals surface area contributed by atoms with Crippen molar-refractivity contribution >= 4 is 27.3 Å². The smallest absolute Gasteiger partial charge is 0.00724 e. The van der Waals surface area contributed by atoms with E-state index in [2.05, 4.69) is 52.6 Å². The molecule has 0 saturated carbocycles. The zero-order chi connectivity index (χ0) is 10.4. The maximum Gasteiger partial charge on any atom is 0.00724 e. The number of hydrogen-bond donors (Lipinski definition) is 1. The fourth-order valence-electron chi connectivity index (χ4n) is 1.21. The standard InChI is InChI=1S/C11H18BrNS/c1-9(8-12)10(2)13-6-5-11-4-3-7-14-11/h3-4,7,9-10,13H,5-6,8H2,1-2H3. The molecular weight excluding hydrogens is 258 g/mol. The van der Waals surface area contributed by atoms with Gasteiger partial charge in [-0.05, 0) is 30.7 Å². The molecule has 3 heteroatoms. The van der Waals surface area contributed by atoms with Crippen molar-refractivity contribution in [3.8, 4) is 0 Å². The van der Waals surface area contributed by atoms with Crippen LogP contribution in [0.15, 0.2) is 17.5 Å².